The first-order valence-corrected chi connectivity index (χ1v) is 4.74. The van der Waals surface area contributed by atoms with Crippen molar-refractivity contribution in [3.63, 3.8) is 0 Å². The van der Waals surface area contributed by atoms with E-state index in [2.05, 4.69) is 11.4 Å². The van der Waals surface area contributed by atoms with Gasteiger partial charge in [-0.05, 0) is 20.8 Å². The molecule has 0 aromatic rings. The number of nitrogens with one attached hydrogen (secondary N) is 1. The summed E-state index contributed by atoms with van der Waals surface area (Å²) in [5.41, 5.74) is 5.06. The van der Waals surface area contributed by atoms with Crippen LogP contribution in [0.5, 0.6) is 0 Å². The third-order valence-corrected chi connectivity index (χ3v) is 2.21. The number of carbonyl (C=O) groups excluding carboxylic acids is 1. The molecule has 0 aliphatic rings. The Labute approximate surface area is 85.5 Å². The number of rotatable bonds is 4. The van der Waals surface area contributed by atoms with Crippen LogP contribution in [-0.4, -0.2) is 18.5 Å². The minimum atomic E-state index is -0.521. The van der Waals surface area contributed by atoms with Crippen molar-refractivity contribution in [2.75, 3.05) is 6.54 Å². The van der Waals surface area contributed by atoms with E-state index in [1.54, 1.807) is 27.7 Å². The number of nitrogens with two attached hydrogens (primary N) is 1. The number of hydrogen-bond donors (Lipinski definition) is 2. The summed E-state index contributed by atoms with van der Waals surface area (Å²) in [6.07, 6.45) is 0. The predicted molar refractivity (Wildman–Crippen MR) is 55.2 cm³/mol. The fourth-order valence-corrected chi connectivity index (χ4v) is 0.747. The maximum atomic E-state index is 11.4. The average molecular weight is 197 g/mol. The van der Waals surface area contributed by atoms with Crippen LogP contribution in [0.4, 0.5) is 0 Å². The SMILES string of the molecule is CC(N)C(C)C(=O)NCC(C)(C)C#N. The van der Waals surface area contributed by atoms with E-state index < -0.39 is 5.41 Å². The van der Waals surface area contributed by atoms with Crippen LogP contribution in [0.3, 0.4) is 0 Å². The summed E-state index contributed by atoms with van der Waals surface area (Å²) in [7, 11) is 0. The van der Waals surface area contributed by atoms with Gasteiger partial charge in [0.2, 0.25) is 5.91 Å². The van der Waals surface area contributed by atoms with Crippen molar-refractivity contribution in [1.82, 2.24) is 5.32 Å². The molecule has 0 bridgehead atoms. The van der Waals surface area contributed by atoms with Crippen molar-refractivity contribution in [3.8, 4) is 6.07 Å². The average Bonchev–Trinajstić information content (AvgIpc) is 2.13. The Bertz CT molecular complexity index is 240. The van der Waals surface area contributed by atoms with E-state index in [0.29, 0.717) is 6.54 Å². The predicted octanol–water partition coefficient (Wildman–Crippen LogP) is 0.636. The molecule has 0 saturated carbocycles. The second-order valence-corrected chi connectivity index (χ2v) is 4.36. The zero-order chi connectivity index (χ0) is 11.4. The van der Waals surface area contributed by atoms with Crippen molar-refractivity contribution in [2.24, 2.45) is 17.1 Å². The van der Waals surface area contributed by atoms with Crippen molar-refractivity contribution >= 4 is 5.91 Å². The lowest BCUT2D eigenvalue weighted by Crippen LogP contribution is -2.41. The highest BCUT2D eigenvalue weighted by molar-refractivity contribution is 5.78. The van der Waals surface area contributed by atoms with Gasteiger partial charge in [-0.1, -0.05) is 6.92 Å². The molecule has 2 atom stereocenters. The lowest BCUT2D eigenvalue weighted by molar-refractivity contribution is -0.125. The summed E-state index contributed by atoms with van der Waals surface area (Å²) in [5, 5.41) is 11.4. The Morgan fingerprint density at radius 3 is 2.43 bits per heavy atom. The second kappa shape index (κ2) is 4.97. The van der Waals surface area contributed by atoms with Gasteiger partial charge in [0, 0.05) is 18.5 Å². The van der Waals surface area contributed by atoms with Gasteiger partial charge in [-0.25, -0.2) is 0 Å². The van der Waals surface area contributed by atoms with E-state index in [9.17, 15) is 4.79 Å². The van der Waals surface area contributed by atoms with E-state index in [4.69, 9.17) is 11.0 Å². The molecule has 0 aromatic carbocycles. The lowest BCUT2D eigenvalue weighted by Gasteiger charge is -2.19. The molecular formula is C10H19N3O. The monoisotopic (exact) mass is 197 g/mol. The highest BCUT2D eigenvalue weighted by atomic mass is 16.1. The van der Waals surface area contributed by atoms with E-state index in [-0.39, 0.29) is 17.9 Å². The highest BCUT2D eigenvalue weighted by Crippen LogP contribution is 2.11. The summed E-state index contributed by atoms with van der Waals surface area (Å²) >= 11 is 0. The highest BCUT2D eigenvalue weighted by Gasteiger charge is 2.21. The van der Waals surface area contributed by atoms with Crippen molar-refractivity contribution in [1.29, 1.82) is 5.26 Å². The number of nitrogens with zero attached hydrogens (tertiary/aromatic N) is 1. The topological polar surface area (TPSA) is 78.9 Å². The van der Waals surface area contributed by atoms with Gasteiger partial charge < -0.3 is 11.1 Å². The first kappa shape index (κ1) is 12.9. The Morgan fingerprint density at radius 2 is 2.07 bits per heavy atom. The van der Waals surface area contributed by atoms with E-state index in [0.717, 1.165) is 0 Å². The van der Waals surface area contributed by atoms with E-state index >= 15 is 0 Å². The summed E-state index contributed by atoms with van der Waals surface area (Å²) in [4.78, 5) is 11.4. The van der Waals surface area contributed by atoms with Crippen LogP contribution in [-0.2, 0) is 4.79 Å². The first-order chi connectivity index (χ1) is 6.30. The van der Waals surface area contributed by atoms with Gasteiger partial charge >= 0.3 is 0 Å². The van der Waals surface area contributed by atoms with Crippen LogP contribution in [0.15, 0.2) is 0 Å². The third kappa shape index (κ3) is 4.24. The number of carbonyl (C=O) groups is 1. The molecule has 4 nitrogen and oxygen atoms in total. The smallest absolute Gasteiger partial charge is 0.224 e. The second-order valence-electron chi connectivity index (χ2n) is 4.36. The van der Waals surface area contributed by atoms with E-state index in [1.165, 1.54) is 0 Å². The standard InChI is InChI=1S/C10H19N3O/c1-7(8(2)12)9(14)13-6-10(3,4)5-11/h7-8H,6,12H2,1-4H3,(H,13,14). The fraction of sp³-hybridized carbons (Fsp3) is 0.800. The van der Waals surface area contributed by atoms with Crippen LogP contribution < -0.4 is 11.1 Å². The molecule has 0 radical (unpaired) electrons. The molecule has 0 spiro atoms. The molecular weight excluding hydrogens is 178 g/mol. The Morgan fingerprint density at radius 1 is 1.57 bits per heavy atom. The Balaban J connectivity index is 4.05. The van der Waals surface area contributed by atoms with Gasteiger partial charge in [-0.3, -0.25) is 4.79 Å². The molecule has 0 heterocycles. The minimum absolute atomic E-state index is 0.0941. The fourth-order valence-electron chi connectivity index (χ4n) is 0.747. The number of amides is 1. The molecule has 0 fully saturated rings. The van der Waals surface area contributed by atoms with Gasteiger partial charge in [-0.15, -0.1) is 0 Å². The molecule has 80 valence electrons. The maximum absolute atomic E-state index is 11.4. The zero-order valence-electron chi connectivity index (χ0n) is 9.29. The van der Waals surface area contributed by atoms with E-state index in [1.807, 2.05) is 0 Å². The van der Waals surface area contributed by atoms with Gasteiger partial charge in [0.05, 0.1) is 11.5 Å². The number of nitriles is 1. The molecule has 2 unspecified atom stereocenters. The quantitative estimate of drug-likeness (QED) is 0.694. The number of hydrogen-bond acceptors (Lipinski definition) is 3. The van der Waals surface area contributed by atoms with Crippen LogP contribution in [0, 0.1) is 22.7 Å². The lowest BCUT2D eigenvalue weighted by atomic mass is 9.95. The molecule has 0 rings (SSSR count). The van der Waals surface area contributed by atoms with Crippen LogP contribution in [0.2, 0.25) is 0 Å². The summed E-state index contributed by atoms with van der Waals surface area (Å²) in [6, 6.07) is 1.95. The largest absolute Gasteiger partial charge is 0.354 e. The molecule has 1 amide bonds. The van der Waals surface area contributed by atoms with Gasteiger partial charge in [0.15, 0.2) is 0 Å². The third-order valence-electron chi connectivity index (χ3n) is 2.21. The maximum Gasteiger partial charge on any atom is 0.224 e. The van der Waals surface area contributed by atoms with Crippen LogP contribution in [0.1, 0.15) is 27.7 Å². The van der Waals surface area contributed by atoms with Crippen LogP contribution >= 0.6 is 0 Å². The Kier molecular flexibility index (Phi) is 4.58. The molecule has 0 aliphatic heterocycles. The van der Waals surface area contributed by atoms with Gasteiger partial charge in [0.1, 0.15) is 0 Å². The minimum Gasteiger partial charge on any atom is -0.354 e. The molecule has 3 N–H and O–H groups in total. The zero-order valence-corrected chi connectivity index (χ0v) is 9.29. The normalized spacial score (nSPS) is 15.4. The van der Waals surface area contributed by atoms with Crippen LogP contribution in [0.25, 0.3) is 0 Å². The summed E-state index contributed by atoms with van der Waals surface area (Å²) in [5.74, 6) is -0.312. The van der Waals surface area contributed by atoms with Crippen molar-refractivity contribution in [3.05, 3.63) is 0 Å². The summed E-state index contributed by atoms with van der Waals surface area (Å²) < 4.78 is 0. The van der Waals surface area contributed by atoms with Gasteiger partial charge in [0.25, 0.3) is 0 Å². The molecule has 4 heteroatoms. The molecule has 0 aromatic heterocycles. The van der Waals surface area contributed by atoms with Crippen molar-refractivity contribution < 1.29 is 4.79 Å². The first-order valence-electron chi connectivity index (χ1n) is 4.74. The van der Waals surface area contributed by atoms with Gasteiger partial charge in [-0.2, -0.15) is 5.26 Å². The molecule has 0 aliphatic carbocycles. The van der Waals surface area contributed by atoms with Crippen molar-refractivity contribution in [2.45, 2.75) is 33.7 Å². The Hall–Kier alpha value is -1.08. The molecule has 14 heavy (non-hydrogen) atoms. The molecule has 0 saturated heterocycles. The summed E-state index contributed by atoms with van der Waals surface area (Å²) in [6.45, 7) is 7.49.